The summed E-state index contributed by atoms with van der Waals surface area (Å²) in [6.45, 7) is 0.570. The van der Waals surface area contributed by atoms with Crippen molar-refractivity contribution in [3.63, 3.8) is 0 Å². The minimum atomic E-state index is -1.03. The maximum absolute atomic E-state index is 12.2. The van der Waals surface area contributed by atoms with Gasteiger partial charge in [-0.2, -0.15) is 0 Å². The van der Waals surface area contributed by atoms with Gasteiger partial charge in [-0.1, -0.05) is 24.3 Å². The van der Waals surface area contributed by atoms with Gasteiger partial charge in [0.15, 0.2) is 6.10 Å². The molecule has 4 heteroatoms. The summed E-state index contributed by atoms with van der Waals surface area (Å²) in [5.74, 6) is -0.614. The minimum absolute atomic E-state index is 0.262. The van der Waals surface area contributed by atoms with Crippen LogP contribution in [0.15, 0.2) is 24.3 Å². The summed E-state index contributed by atoms with van der Waals surface area (Å²) in [5, 5.41) is 2.71. The van der Waals surface area contributed by atoms with Crippen LogP contribution in [0.25, 0.3) is 0 Å². The smallest absolute Gasteiger partial charge is 0.257 e. The summed E-state index contributed by atoms with van der Waals surface area (Å²) in [6.07, 6.45) is 0.583. The van der Waals surface area contributed by atoms with Crippen LogP contribution in [0.4, 0.5) is 0 Å². The Bertz CT molecular complexity index is 442. The lowest BCUT2D eigenvalue weighted by atomic mass is 9.97. The maximum atomic E-state index is 12.2. The molecule has 0 bridgehead atoms. The number of methoxy groups -OCH3 is 1. The van der Waals surface area contributed by atoms with Crippen LogP contribution in [0.3, 0.4) is 0 Å². The monoisotopic (exact) mass is 233 g/mol. The molecule has 1 aromatic carbocycles. The highest BCUT2D eigenvalue weighted by atomic mass is 16.5. The van der Waals surface area contributed by atoms with Crippen molar-refractivity contribution < 1.29 is 14.3 Å². The molecular weight excluding hydrogens is 218 g/mol. The molecule has 0 radical (unpaired) electrons. The summed E-state index contributed by atoms with van der Waals surface area (Å²) >= 11 is 0. The first-order valence-electron chi connectivity index (χ1n) is 5.66. The lowest BCUT2D eigenvalue weighted by Crippen LogP contribution is -2.41. The molecule has 0 fully saturated rings. The maximum Gasteiger partial charge on any atom is 0.257 e. The van der Waals surface area contributed by atoms with Crippen molar-refractivity contribution in [2.75, 3.05) is 13.7 Å². The van der Waals surface area contributed by atoms with Crippen LogP contribution in [-0.4, -0.2) is 31.4 Å². The van der Waals surface area contributed by atoms with E-state index < -0.39 is 6.10 Å². The quantitative estimate of drug-likeness (QED) is 0.735. The molecule has 0 saturated heterocycles. The van der Waals surface area contributed by atoms with Gasteiger partial charge in [0.25, 0.3) is 5.91 Å². The summed E-state index contributed by atoms with van der Waals surface area (Å²) in [4.78, 5) is 23.9. The number of Topliss-reactive ketones (excluding diaryl/α,β-unsaturated/α-hetero) is 1. The fourth-order valence-corrected chi connectivity index (χ4v) is 2.04. The van der Waals surface area contributed by atoms with Crippen molar-refractivity contribution in [2.24, 2.45) is 0 Å². The summed E-state index contributed by atoms with van der Waals surface area (Å²) in [7, 11) is 1.38. The fraction of sp³-hybridized carbons (Fsp3) is 0.385. The molecule has 90 valence electrons. The first-order valence-corrected chi connectivity index (χ1v) is 5.66. The Morgan fingerprint density at radius 1 is 1.29 bits per heavy atom. The Hall–Kier alpha value is -1.68. The number of rotatable bonds is 1. The molecule has 1 aromatic rings. The van der Waals surface area contributed by atoms with Crippen LogP contribution in [0.2, 0.25) is 0 Å². The van der Waals surface area contributed by atoms with Gasteiger partial charge in [0.2, 0.25) is 5.78 Å². The van der Waals surface area contributed by atoms with E-state index in [0.717, 1.165) is 18.4 Å². The van der Waals surface area contributed by atoms with Gasteiger partial charge < -0.3 is 10.1 Å². The molecule has 1 unspecified atom stereocenters. The van der Waals surface area contributed by atoms with E-state index in [2.05, 4.69) is 5.32 Å². The van der Waals surface area contributed by atoms with Crippen LogP contribution in [0.1, 0.15) is 22.3 Å². The summed E-state index contributed by atoms with van der Waals surface area (Å²) in [6, 6.07) is 7.39. The number of hydrogen-bond acceptors (Lipinski definition) is 3. The Balaban J connectivity index is 2.42. The second-order valence-corrected chi connectivity index (χ2v) is 4.03. The zero-order chi connectivity index (χ0) is 12.3. The number of amides is 1. The fourth-order valence-electron chi connectivity index (χ4n) is 2.04. The number of benzene rings is 1. The number of carbonyl (C=O) groups excluding carboxylic acids is 2. The summed E-state index contributed by atoms with van der Waals surface area (Å²) in [5.41, 5.74) is 1.58. The molecule has 0 saturated carbocycles. The van der Waals surface area contributed by atoms with Crippen LogP contribution >= 0.6 is 0 Å². The van der Waals surface area contributed by atoms with E-state index in [0.29, 0.717) is 12.1 Å². The Kier molecular flexibility index (Phi) is 3.54. The van der Waals surface area contributed by atoms with E-state index in [1.807, 2.05) is 12.1 Å². The SMILES string of the molecule is COC1C(=O)NCCCc2ccccc2C1=O. The van der Waals surface area contributed by atoms with E-state index in [4.69, 9.17) is 4.74 Å². The highest BCUT2D eigenvalue weighted by Gasteiger charge is 2.29. The third kappa shape index (κ3) is 2.36. The van der Waals surface area contributed by atoms with Gasteiger partial charge in [0, 0.05) is 19.2 Å². The molecule has 1 N–H and O–H groups in total. The summed E-state index contributed by atoms with van der Waals surface area (Å²) < 4.78 is 5.00. The van der Waals surface area contributed by atoms with Crippen molar-refractivity contribution in [3.05, 3.63) is 35.4 Å². The topological polar surface area (TPSA) is 55.4 Å². The number of carbonyl (C=O) groups is 2. The second-order valence-electron chi connectivity index (χ2n) is 4.03. The largest absolute Gasteiger partial charge is 0.364 e. The predicted molar refractivity (Wildman–Crippen MR) is 62.9 cm³/mol. The lowest BCUT2D eigenvalue weighted by Gasteiger charge is -2.13. The third-order valence-corrected chi connectivity index (χ3v) is 2.92. The van der Waals surface area contributed by atoms with Gasteiger partial charge in [-0.15, -0.1) is 0 Å². The van der Waals surface area contributed by atoms with Crippen LogP contribution in [0.5, 0.6) is 0 Å². The molecule has 1 heterocycles. The van der Waals surface area contributed by atoms with Gasteiger partial charge >= 0.3 is 0 Å². The van der Waals surface area contributed by atoms with Gasteiger partial charge in [-0.05, 0) is 18.4 Å². The Morgan fingerprint density at radius 2 is 2.06 bits per heavy atom. The van der Waals surface area contributed by atoms with Gasteiger partial charge in [-0.3, -0.25) is 9.59 Å². The third-order valence-electron chi connectivity index (χ3n) is 2.92. The molecular formula is C13H15NO3. The number of fused-ring (bicyclic) bond motifs is 1. The van der Waals surface area contributed by atoms with Crippen molar-refractivity contribution in [1.82, 2.24) is 5.32 Å². The average Bonchev–Trinajstić information content (AvgIpc) is 2.40. The van der Waals surface area contributed by atoms with E-state index in [9.17, 15) is 9.59 Å². The molecule has 17 heavy (non-hydrogen) atoms. The molecule has 1 atom stereocenters. The van der Waals surface area contributed by atoms with E-state index in [-0.39, 0.29) is 11.7 Å². The first-order chi connectivity index (χ1) is 8.24. The molecule has 4 nitrogen and oxygen atoms in total. The van der Waals surface area contributed by atoms with Crippen molar-refractivity contribution in [2.45, 2.75) is 18.9 Å². The van der Waals surface area contributed by atoms with Gasteiger partial charge in [0.05, 0.1) is 0 Å². The molecule has 1 aliphatic heterocycles. The Labute approximate surface area is 100.0 Å². The molecule has 0 aromatic heterocycles. The zero-order valence-corrected chi connectivity index (χ0v) is 9.73. The second kappa shape index (κ2) is 5.10. The molecule has 0 aliphatic carbocycles. The number of nitrogens with one attached hydrogen (secondary N) is 1. The molecule has 2 rings (SSSR count). The highest BCUT2D eigenvalue weighted by Crippen LogP contribution is 2.16. The van der Waals surface area contributed by atoms with E-state index in [1.54, 1.807) is 12.1 Å². The minimum Gasteiger partial charge on any atom is -0.364 e. The number of aryl methyl sites for hydroxylation is 1. The van der Waals surface area contributed by atoms with E-state index >= 15 is 0 Å². The number of ketones is 1. The lowest BCUT2D eigenvalue weighted by molar-refractivity contribution is -0.128. The zero-order valence-electron chi connectivity index (χ0n) is 9.73. The molecule has 1 aliphatic rings. The van der Waals surface area contributed by atoms with Crippen molar-refractivity contribution in [1.29, 1.82) is 0 Å². The van der Waals surface area contributed by atoms with Crippen molar-refractivity contribution in [3.8, 4) is 0 Å². The van der Waals surface area contributed by atoms with E-state index in [1.165, 1.54) is 7.11 Å². The van der Waals surface area contributed by atoms with Crippen LogP contribution in [-0.2, 0) is 16.0 Å². The number of hydrogen-bond donors (Lipinski definition) is 1. The van der Waals surface area contributed by atoms with Crippen LogP contribution in [0, 0.1) is 0 Å². The standard InChI is InChI=1S/C13H15NO3/c1-17-12-11(15)10-7-3-2-5-9(10)6-4-8-14-13(12)16/h2-3,5,7,12H,4,6,8H2,1H3,(H,14,16). The first kappa shape index (κ1) is 11.8. The molecule has 1 amide bonds. The normalized spacial score (nSPS) is 20.9. The van der Waals surface area contributed by atoms with Gasteiger partial charge in [0.1, 0.15) is 0 Å². The highest BCUT2D eigenvalue weighted by molar-refractivity contribution is 6.13. The van der Waals surface area contributed by atoms with Crippen LogP contribution < -0.4 is 5.32 Å². The van der Waals surface area contributed by atoms with Gasteiger partial charge in [-0.25, -0.2) is 0 Å². The molecule has 0 spiro atoms. The van der Waals surface area contributed by atoms with Crippen molar-refractivity contribution >= 4 is 11.7 Å². The predicted octanol–water partition coefficient (Wildman–Crippen LogP) is 0.947. The average molecular weight is 233 g/mol. The number of ether oxygens (including phenoxy) is 1. The Morgan fingerprint density at radius 3 is 2.82 bits per heavy atom.